The molecule has 0 radical (unpaired) electrons. The smallest absolute Gasteiger partial charge is 0.333 e. The van der Waals surface area contributed by atoms with E-state index in [2.05, 4.69) is 6.58 Å². The molecule has 0 N–H and O–H groups in total. The molecule has 12 heavy (non-hydrogen) atoms. The molecule has 0 aliphatic heterocycles. The Balaban J connectivity index is 3.58. The summed E-state index contributed by atoms with van der Waals surface area (Å²) in [6.07, 6.45) is 0. The molecule has 0 aromatic heterocycles. The maximum Gasteiger partial charge on any atom is 0.333 e. The van der Waals surface area contributed by atoms with Crippen LogP contribution in [-0.4, -0.2) is 20.0 Å². The minimum Gasteiger partial charge on any atom is -0.463 e. The molecule has 0 aliphatic rings. The van der Waals surface area contributed by atoms with E-state index in [0.29, 0.717) is 12.2 Å². The van der Waals surface area contributed by atoms with Crippen LogP contribution in [0.1, 0.15) is 6.92 Å². The molecule has 0 atom stereocenters. The molecular weight excluding hydrogens is 192 g/mol. The predicted octanol–water partition coefficient (Wildman–Crippen LogP) is 2.55. The molecule has 0 fully saturated rings. The van der Waals surface area contributed by atoms with Gasteiger partial charge < -0.3 is 4.74 Å². The van der Waals surface area contributed by atoms with E-state index < -0.39 is 7.38 Å². The minimum absolute atomic E-state index is 0.329. The highest BCUT2D eigenvalue weighted by Crippen LogP contribution is 2.13. The Kier molecular flexibility index (Phi) is 4.56. The molecule has 0 spiro atoms. The maximum atomic E-state index is 10.9. The van der Waals surface area contributed by atoms with Crippen LogP contribution >= 0.6 is 11.1 Å². The molecular formula is C8H15ClO2Si. The second-order valence-electron chi connectivity index (χ2n) is 3.38. The highest BCUT2D eigenvalue weighted by Gasteiger charge is 2.17. The first-order valence-electron chi connectivity index (χ1n) is 3.84. The third kappa shape index (κ3) is 6.43. The van der Waals surface area contributed by atoms with E-state index in [1.807, 2.05) is 13.1 Å². The molecule has 0 rings (SSSR count). The van der Waals surface area contributed by atoms with Crippen LogP contribution in [0.25, 0.3) is 0 Å². The van der Waals surface area contributed by atoms with Gasteiger partial charge in [-0.25, -0.2) is 4.79 Å². The molecule has 4 heteroatoms. The third-order valence-electron chi connectivity index (χ3n) is 1.28. The third-order valence-corrected chi connectivity index (χ3v) is 3.24. The summed E-state index contributed by atoms with van der Waals surface area (Å²) in [5.74, 6) is -0.329. The van der Waals surface area contributed by atoms with Crippen molar-refractivity contribution in [3.05, 3.63) is 12.2 Å². The summed E-state index contributed by atoms with van der Waals surface area (Å²) in [6, 6.07) is 0.785. The monoisotopic (exact) mass is 206 g/mol. The number of hydrogen-bond acceptors (Lipinski definition) is 2. The van der Waals surface area contributed by atoms with Gasteiger partial charge in [-0.15, -0.1) is 0 Å². The predicted molar refractivity (Wildman–Crippen MR) is 53.9 cm³/mol. The van der Waals surface area contributed by atoms with Crippen LogP contribution < -0.4 is 0 Å². The van der Waals surface area contributed by atoms with Gasteiger partial charge in [0.25, 0.3) is 0 Å². The number of carbonyl (C=O) groups is 1. The number of rotatable bonds is 4. The first-order valence-corrected chi connectivity index (χ1v) is 8.06. The average Bonchev–Trinajstić information content (AvgIpc) is 1.84. The van der Waals surface area contributed by atoms with Crippen LogP contribution in [0.5, 0.6) is 0 Å². The van der Waals surface area contributed by atoms with Gasteiger partial charge in [-0.3, -0.25) is 0 Å². The summed E-state index contributed by atoms with van der Waals surface area (Å²) in [6.45, 7) is 9.55. The Bertz CT molecular complexity index is 184. The molecule has 0 aromatic rings. The molecule has 0 bridgehead atoms. The lowest BCUT2D eigenvalue weighted by atomic mass is 10.4. The second-order valence-corrected chi connectivity index (χ2v) is 10.4. The molecule has 0 aliphatic carbocycles. The summed E-state index contributed by atoms with van der Waals surface area (Å²) >= 11 is 6.02. The standard InChI is InChI=1S/C8H15ClO2Si/c1-7(2)8(10)11-5-6-12(3,4)9/h1,5-6H2,2-4H3. The number of ether oxygens (including phenoxy) is 1. The van der Waals surface area contributed by atoms with Crippen LogP contribution in [0.2, 0.25) is 19.1 Å². The highest BCUT2D eigenvalue weighted by molar-refractivity contribution is 7.19. The van der Waals surface area contributed by atoms with E-state index in [4.69, 9.17) is 15.8 Å². The van der Waals surface area contributed by atoms with Crippen LogP contribution in [0.15, 0.2) is 12.2 Å². The van der Waals surface area contributed by atoms with E-state index in [1.165, 1.54) is 0 Å². The second kappa shape index (κ2) is 4.67. The topological polar surface area (TPSA) is 26.3 Å². The lowest BCUT2D eigenvalue weighted by Crippen LogP contribution is -2.20. The van der Waals surface area contributed by atoms with Gasteiger partial charge in [0.15, 0.2) is 7.38 Å². The van der Waals surface area contributed by atoms with Crippen molar-refractivity contribution in [1.29, 1.82) is 0 Å². The fourth-order valence-electron chi connectivity index (χ4n) is 0.510. The summed E-state index contributed by atoms with van der Waals surface area (Å²) < 4.78 is 4.89. The largest absolute Gasteiger partial charge is 0.463 e. The van der Waals surface area contributed by atoms with Gasteiger partial charge in [-0.1, -0.05) is 19.7 Å². The molecule has 0 aromatic carbocycles. The van der Waals surface area contributed by atoms with Crippen molar-refractivity contribution in [1.82, 2.24) is 0 Å². The summed E-state index contributed by atoms with van der Waals surface area (Å²) in [5, 5.41) is 0. The van der Waals surface area contributed by atoms with Crippen LogP contribution in [0.4, 0.5) is 0 Å². The van der Waals surface area contributed by atoms with E-state index in [9.17, 15) is 4.79 Å². The Labute approximate surface area is 79.3 Å². The molecule has 0 saturated carbocycles. The first kappa shape index (κ1) is 11.7. The lowest BCUT2D eigenvalue weighted by Gasteiger charge is -2.12. The Morgan fingerprint density at radius 3 is 2.42 bits per heavy atom. The zero-order chi connectivity index (χ0) is 9.78. The SMILES string of the molecule is C=C(C)C(=O)OCC[Si](C)(C)Cl. The zero-order valence-corrected chi connectivity index (χ0v) is 9.57. The van der Waals surface area contributed by atoms with Crippen molar-refractivity contribution in [2.45, 2.75) is 26.1 Å². The average molecular weight is 207 g/mol. The van der Waals surface area contributed by atoms with Crippen molar-refractivity contribution in [3.8, 4) is 0 Å². The van der Waals surface area contributed by atoms with Crippen molar-refractivity contribution in [3.63, 3.8) is 0 Å². The number of hydrogen-bond donors (Lipinski definition) is 0. The maximum absolute atomic E-state index is 10.9. The normalized spacial score (nSPS) is 11.0. The van der Waals surface area contributed by atoms with E-state index in [0.717, 1.165) is 6.04 Å². The van der Waals surface area contributed by atoms with Crippen molar-refractivity contribution < 1.29 is 9.53 Å². The zero-order valence-electron chi connectivity index (χ0n) is 7.82. The van der Waals surface area contributed by atoms with E-state index in [-0.39, 0.29) is 5.97 Å². The molecule has 2 nitrogen and oxygen atoms in total. The summed E-state index contributed by atoms with van der Waals surface area (Å²) in [5.41, 5.74) is 0.434. The van der Waals surface area contributed by atoms with Gasteiger partial charge >= 0.3 is 5.97 Å². The van der Waals surface area contributed by atoms with Crippen LogP contribution in [0, 0.1) is 0 Å². The number of esters is 1. The Morgan fingerprint density at radius 2 is 2.08 bits per heavy atom. The Morgan fingerprint density at radius 1 is 1.58 bits per heavy atom. The molecule has 0 saturated heterocycles. The molecule has 0 amide bonds. The highest BCUT2D eigenvalue weighted by atomic mass is 35.6. The summed E-state index contributed by atoms with van der Waals surface area (Å²) in [7, 11) is -1.59. The lowest BCUT2D eigenvalue weighted by molar-refractivity contribution is -0.138. The fraction of sp³-hybridized carbons (Fsp3) is 0.625. The van der Waals surface area contributed by atoms with Gasteiger partial charge in [0.1, 0.15) is 0 Å². The molecule has 0 unspecified atom stereocenters. The number of halogens is 1. The Hall–Kier alpha value is -0.283. The minimum atomic E-state index is -1.59. The van der Waals surface area contributed by atoms with Gasteiger partial charge in [0, 0.05) is 5.57 Å². The van der Waals surface area contributed by atoms with Crippen LogP contribution in [0.3, 0.4) is 0 Å². The van der Waals surface area contributed by atoms with Crippen molar-refractivity contribution in [2.24, 2.45) is 0 Å². The molecule has 0 heterocycles. The van der Waals surface area contributed by atoms with E-state index in [1.54, 1.807) is 6.92 Å². The summed E-state index contributed by atoms with van der Waals surface area (Å²) in [4.78, 5) is 10.9. The van der Waals surface area contributed by atoms with Gasteiger partial charge in [0.05, 0.1) is 6.61 Å². The van der Waals surface area contributed by atoms with Crippen molar-refractivity contribution >= 4 is 24.4 Å². The van der Waals surface area contributed by atoms with Gasteiger partial charge in [0.2, 0.25) is 0 Å². The van der Waals surface area contributed by atoms with E-state index >= 15 is 0 Å². The van der Waals surface area contributed by atoms with Gasteiger partial charge in [-0.2, -0.15) is 11.1 Å². The van der Waals surface area contributed by atoms with Crippen molar-refractivity contribution in [2.75, 3.05) is 6.61 Å². The first-order chi connectivity index (χ1) is 5.33. The van der Waals surface area contributed by atoms with Gasteiger partial charge in [-0.05, 0) is 13.0 Å². The van der Waals surface area contributed by atoms with Crippen LogP contribution in [-0.2, 0) is 9.53 Å². The number of carbonyl (C=O) groups excluding carboxylic acids is 1. The quantitative estimate of drug-likeness (QED) is 0.306. The molecule has 70 valence electrons. The fourth-order valence-corrected chi connectivity index (χ4v) is 1.33.